The zero-order chi connectivity index (χ0) is 17.5. The molecule has 0 heterocycles. The molecular formula is C19H23FN2O2. The molecule has 24 heavy (non-hydrogen) atoms. The maximum absolute atomic E-state index is 13.2. The number of nitrogens with zero attached hydrogens (tertiary/aromatic N) is 1. The number of amides is 1. The first-order valence-electron chi connectivity index (χ1n) is 7.81. The number of rotatable bonds is 7. The lowest BCUT2D eigenvalue weighted by molar-refractivity contribution is -0.120. The number of hydrogen-bond donors (Lipinski definition) is 1. The molecule has 5 heteroatoms. The highest BCUT2D eigenvalue weighted by Crippen LogP contribution is 2.22. The Hall–Kier alpha value is -2.40. The fourth-order valence-corrected chi connectivity index (χ4v) is 2.55. The van der Waals surface area contributed by atoms with E-state index in [0.29, 0.717) is 12.1 Å². The minimum absolute atomic E-state index is 0.0246. The van der Waals surface area contributed by atoms with Crippen LogP contribution >= 0.6 is 0 Å². The molecule has 1 atom stereocenters. The van der Waals surface area contributed by atoms with Gasteiger partial charge in [0, 0.05) is 6.54 Å². The molecule has 2 aromatic rings. The second-order valence-corrected chi connectivity index (χ2v) is 5.87. The van der Waals surface area contributed by atoms with Crippen LogP contribution in [-0.2, 0) is 11.2 Å². The van der Waals surface area contributed by atoms with Crippen molar-refractivity contribution in [3.05, 3.63) is 65.5 Å². The standard InChI is InChI=1S/C19H23FN2O2/c1-22(2)18(15-7-5-9-17(12-15)24-3)13-21-19(23)11-14-6-4-8-16(20)10-14/h4-10,12,18H,11,13H2,1-3H3,(H,21,23). The predicted octanol–water partition coefficient (Wildman–Crippen LogP) is 2.80. The van der Waals surface area contributed by atoms with Crippen LogP contribution in [0.2, 0.25) is 0 Å². The Labute approximate surface area is 142 Å². The van der Waals surface area contributed by atoms with E-state index in [1.54, 1.807) is 19.2 Å². The number of benzene rings is 2. The minimum Gasteiger partial charge on any atom is -0.497 e. The lowest BCUT2D eigenvalue weighted by atomic mass is 10.1. The molecule has 0 saturated carbocycles. The van der Waals surface area contributed by atoms with Crippen LogP contribution in [0, 0.1) is 5.82 Å². The van der Waals surface area contributed by atoms with E-state index in [0.717, 1.165) is 11.3 Å². The van der Waals surface area contributed by atoms with Crippen molar-refractivity contribution >= 4 is 5.91 Å². The van der Waals surface area contributed by atoms with Gasteiger partial charge in [-0.15, -0.1) is 0 Å². The van der Waals surface area contributed by atoms with E-state index < -0.39 is 0 Å². The summed E-state index contributed by atoms with van der Waals surface area (Å²) in [7, 11) is 5.55. The number of nitrogens with one attached hydrogen (secondary N) is 1. The monoisotopic (exact) mass is 330 g/mol. The number of methoxy groups -OCH3 is 1. The van der Waals surface area contributed by atoms with Gasteiger partial charge in [0.15, 0.2) is 0 Å². The molecule has 128 valence electrons. The van der Waals surface area contributed by atoms with Gasteiger partial charge in [0.1, 0.15) is 11.6 Å². The highest BCUT2D eigenvalue weighted by molar-refractivity contribution is 5.78. The molecule has 2 aromatic carbocycles. The second-order valence-electron chi connectivity index (χ2n) is 5.87. The minimum atomic E-state index is -0.331. The summed E-state index contributed by atoms with van der Waals surface area (Å²) in [6.45, 7) is 0.467. The van der Waals surface area contributed by atoms with E-state index in [4.69, 9.17) is 4.74 Å². The first kappa shape index (κ1) is 17.9. The quantitative estimate of drug-likeness (QED) is 0.849. The molecule has 1 N–H and O–H groups in total. The van der Waals surface area contributed by atoms with Crippen molar-refractivity contribution < 1.29 is 13.9 Å². The summed E-state index contributed by atoms with van der Waals surface area (Å²) in [5, 5.41) is 2.92. The summed E-state index contributed by atoms with van der Waals surface area (Å²) in [4.78, 5) is 14.2. The molecule has 4 nitrogen and oxygen atoms in total. The van der Waals surface area contributed by atoms with Gasteiger partial charge in [-0.3, -0.25) is 4.79 Å². The zero-order valence-electron chi connectivity index (χ0n) is 14.3. The molecule has 0 aliphatic heterocycles. The fraction of sp³-hybridized carbons (Fsp3) is 0.316. The summed E-state index contributed by atoms with van der Waals surface area (Å²) in [6.07, 6.45) is 0.163. The largest absolute Gasteiger partial charge is 0.497 e. The molecule has 0 aliphatic rings. The van der Waals surface area contributed by atoms with E-state index in [1.165, 1.54) is 12.1 Å². The highest BCUT2D eigenvalue weighted by atomic mass is 19.1. The highest BCUT2D eigenvalue weighted by Gasteiger charge is 2.16. The number of likely N-dealkylation sites (N-methyl/N-ethyl adjacent to an activating group) is 1. The van der Waals surface area contributed by atoms with Gasteiger partial charge in [0.05, 0.1) is 19.6 Å². The molecule has 0 aliphatic carbocycles. The Morgan fingerprint density at radius 3 is 2.62 bits per heavy atom. The average molecular weight is 330 g/mol. The van der Waals surface area contributed by atoms with E-state index in [9.17, 15) is 9.18 Å². The van der Waals surface area contributed by atoms with Crippen LogP contribution in [-0.4, -0.2) is 38.6 Å². The Morgan fingerprint density at radius 1 is 1.21 bits per heavy atom. The van der Waals surface area contributed by atoms with Crippen molar-refractivity contribution in [3.63, 3.8) is 0 Å². The van der Waals surface area contributed by atoms with Crippen molar-refractivity contribution in [1.29, 1.82) is 0 Å². The van der Waals surface area contributed by atoms with Crippen molar-refractivity contribution in [2.75, 3.05) is 27.7 Å². The normalized spacial score (nSPS) is 12.0. The molecule has 0 radical (unpaired) electrons. The Balaban J connectivity index is 1.99. The van der Waals surface area contributed by atoms with Crippen LogP contribution in [0.4, 0.5) is 4.39 Å². The lowest BCUT2D eigenvalue weighted by Crippen LogP contribution is -2.35. The van der Waals surface area contributed by atoms with E-state index in [-0.39, 0.29) is 24.2 Å². The predicted molar refractivity (Wildman–Crippen MR) is 92.5 cm³/mol. The van der Waals surface area contributed by atoms with E-state index in [1.807, 2.05) is 43.3 Å². The van der Waals surface area contributed by atoms with Crippen molar-refractivity contribution in [1.82, 2.24) is 10.2 Å². The molecule has 0 fully saturated rings. The molecule has 0 saturated heterocycles. The molecule has 1 unspecified atom stereocenters. The molecule has 0 spiro atoms. The topological polar surface area (TPSA) is 41.6 Å². The van der Waals surface area contributed by atoms with Gasteiger partial charge in [-0.05, 0) is 49.5 Å². The van der Waals surface area contributed by atoms with Crippen LogP contribution in [0.1, 0.15) is 17.2 Å². The zero-order valence-corrected chi connectivity index (χ0v) is 14.3. The molecule has 0 aromatic heterocycles. The van der Waals surface area contributed by atoms with Crippen LogP contribution in [0.3, 0.4) is 0 Å². The summed E-state index contributed by atoms with van der Waals surface area (Å²) in [5.41, 5.74) is 1.72. The van der Waals surface area contributed by atoms with Crippen LogP contribution in [0.25, 0.3) is 0 Å². The molecule has 2 rings (SSSR count). The lowest BCUT2D eigenvalue weighted by Gasteiger charge is -2.25. The van der Waals surface area contributed by atoms with Gasteiger partial charge in [-0.2, -0.15) is 0 Å². The Bertz CT molecular complexity index is 689. The molecule has 0 bridgehead atoms. The number of halogens is 1. The smallest absolute Gasteiger partial charge is 0.224 e. The maximum Gasteiger partial charge on any atom is 0.224 e. The van der Waals surface area contributed by atoms with Crippen LogP contribution in [0.5, 0.6) is 5.75 Å². The van der Waals surface area contributed by atoms with Gasteiger partial charge in [-0.25, -0.2) is 4.39 Å². The third kappa shape index (κ3) is 5.06. The molecular weight excluding hydrogens is 307 g/mol. The van der Waals surface area contributed by atoms with Crippen molar-refractivity contribution in [2.45, 2.75) is 12.5 Å². The number of ether oxygens (including phenoxy) is 1. The third-order valence-electron chi connectivity index (χ3n) is 3.85. The number of carbonyl (C=O) groups excluding carboxylic acids is 1. The Kier molecular flexibility index (Phi) is 6.32. The maximum atomic E-state index is 13.2. The van der Waals surface area contributed by atoms with Gasteiger partial charge < -0.3 is 15.0 Å². The van der Waals surface area contributed by atoms with Crippen LogP contribution < -0.4 is 10.1 Å². The Morgan fingerprint density at radius 2 is 1.96 bits per heavy atom. The number of hydrogen-bond acceptors (Lipinski definition) is 3. The summed E-state index contributed by atoms with van der Waals surface area (Å²) < 4.78 is 18.4. The van der Waals surface area contributed by atoms with Gasteiger partial charge in [0.2, 0.25) is 5.91 Å². The van der Waals surface area contributed by atoms with E-state index in [2.05, 4.69) is 5.32 Å². The summed E-state index contributed by atoms with van der Waals surface area (Å²) in [6, 6.07) is 13.9. The summed E-state index contributed by atoms with van der Waals surface area (Å²) >= 11 is 0. The van der Waals surface area contributed by atoms with Gasteiger partial charge in [-0.1, -0.05) is 24.3 Å². The second kappa shape index (κ2) is 8.45. The number of carbonyl (C=O) groups is 1. The van der Waals surface area contributed by atoms with Gasteiger partial charge in [0.25, 0.3) is 0 Å². The fourth-order valence-electron chi connectivity index (χ4n) is 2.55. The van der Waals surface area contributed by atoms with Crippen molar-refractivity contribution in [2.24, 2.45) is 0 Å². The SMILES string of the molecule is COc1cccc(C(CNC(=O)Cc2cccc(F)c2)N(C)C)c1. The van der Waals surface area contributed by atoms with Crippen molar-refractivity contribution in [3.8, 4) is 5.75 Å². The third-order valence-corrected chi connectivity index (χ3v) is 3.85. The summed E-state index contributed by atoms with van der Waals surface area (Å²) in [5.74, 6) is 0.323. The van der Waals surface area contributed by atoms with Crippen LogP contribution in [0.15, 0.2) is 48.5 Å². The first-order valence-corrected chi connectivity index (χ1v) is 7.81. The average Bonchev–Trinajstić information content (AvgIpc) is 2.55. The van der Waals surface area contributed by atoms with E-state index >= 15 is 0 Å². The van der Waals surface area contributed by atoms with Gasteiger partial charge >= 0.3 is 0 Å². The first-order chi connectivity index (χ1) is 11.5. The molecule has 1 amide bonds.